The van der Waals surface area contributed by atoms with Crippen molar-refractivity contribution >= 4 is 28.6 Å². The van der Waals surface area contributed by atoms with Crippen LogP contribution in [0.5, 0.6) is 0 Å². The minimum atomic E-state index is -4.09. The Morgan fingerprint density at radius 3 is 1.29 bits per heavy atom. The molecule has 0 heterocycles. The van der Waals surface area contributed by atoms with Gasteiger partial charge in [-0.25, -0.2) is 8.42 Å². The second-order valence-corrected chi connectivity index (χ2v) is 14.3. The molecule has 216 valence electrons. The van der Waals surface area contributed by atoms with Gasteiger partial charge >= 0.3 is 0 Å². The molecule has 0 aromatic heterocycles. The first kappa shape index (κ1) is 34.8. The molecule has 0 saturated carbocycles. The van der Waals surface area contributed by atoms with Crippen molar-refractivity contribution in [1.29, 1.82) is 0 Å². The van der Waals surface area contributed by atoms with Crippen LogP contribution >= 0.6 is 7.92 Å². The summed E-state index contributed by atoms with van der Waals surface area (Å²) in [5, 5.41) is 2.56. The second-order valence-electron chi connectivity index (χ2n) is 10.4. The average Bonchev–Trinajstić information content (AvgIpc) is 2.93. The Hall–Kier alpha value is -1.26. The minimum Gasteiger partial charge on any atom is -0.748 e. The molecule has 4 nitrogen and oxygen atoms in total. The molecule has 38 heavy (non-hydrogen) atoms. The summed E-state index contributed by atoms with van der Waals surface area (Å²) >= 11 is 0. The van der Waals surface area contributed by atoms with Gasteiger partial charge in [0.25, 0.3) is 0 Å². The Morgan fingerprint density at radius 1 is 0.605 bits per heavy atom. The van der Waals surface area contributed by atoms with Crippen LogP contribution in [-0.4, -0.2) is 55.5 Å². The topological polar surface area (TPSA) is 57.2 Å². The van der Waals surface area contributed by atoms with Crippen molar-refractivity contribution in [3.05, 3.63) is 60.7 Å². The molecular formula is C32H54NO3PS. The fourth-order valence-electron chi connectivity index (χ4n) is 4.82. The number of rotatable bonds is 19. The Balaban J connectivity index is 0.000000391. The van der Waals surface area contributed by atoms with Crippen molar-refractivity contribution in [2.75, 3.05) is 38.1 Å². The van der Waals surface area contributed by atoms with Crippen LogP contribution in [0.15, 0.2) is 60.7 Å². The number of benzene rings is 2. The van der Waals surface area contributed by atoms with E-state index in [9.17, 15) is 13.0 Å². The number of hydrogen-bond donors (Lipinski definition) is 0. The first-order valence-electron chi connectivity index (χ1n) is 15.0. The zero-order valence-corrected chi connectivity index (χ0v) is 26.3. The van der Waals surface area contributed by atoms with Crippen LogP contribution in [0.3, 0.4) is 0 Å². The van der Waals surface area contributed by atoms with E-state index in [0.29, 0.717) is 6.42 Å². The molecule has 0 bridgehead atoms. The minimum absolute atomic E-state index is 0.264. The van der Waals surface area contributed by atoms with Crippen molar-refractivity contribution < 1.29 is 17.5 Å². The van der Waals surface area contributed by atoms with Gasteiger partial charge < -0.3 is 9.04 Å². The third kappa shape index (κ3) is 15.4. The highest BCUT2D eigenvalue weighted by Gasteiger charge is 2.24. The molecule has 2 aromatic carbocycles. The maximum Gasteiger partial charge on any atom is 0.0945 e. The van der Waals surface area contributed by atoms with E-state index in [0.717, 1.165) is 12.6 Å². The number of unbranched alkanes of at least 4 members (excludes halogenated alkanes) is 5. The van der Waals surface area contributed by atoms with E-state index < -0.39 is 18.0 Å². The molecule has 0 atom stereocenters. The van der Waals surface area contributed by atoms with E-state index in [1.165, 1.54) is 92.6 Å². The van der Waals surface area contributed by atoms with Gasteiger partial charge in [0.2, 0.25) is 0 Å². The quantitative estimate of drug-likeness (QED) is 0.0772. The molecule has 0 radical (unpaired) electrons. The van der Waals surface area contributed by atoms with E-state index in [-0.39, 0.29) is 5.75 Å². The van der Waals surface area contributed by atoms with E-state index in [2.05, 4.69) is 52.0 Å². The maximum absolute atomic E-state index is 10.7. The predicted octanol–water partition coefficient (Wildman–Crippen LogP) is 7.45. The van der Waals surface area contributed by atoms with Crippen molar-refractivity contribution in [2.24, 2.45) is 0 Å². The molecule has 0 spiro atoms. The number of quaternary nitrogens is 1. The zero-order valence-electron chi connectivity index (χ0n) is 24.6. The van der Waals surface area contributed by atoms with Crippen molar-refractivity contribution in [3.63, 3.8) is 0 Å². The van der Waals surface area contributed by atoms with Gasteiger partial charge in [-0.2, -0.15) is 0 Å². The highest BCUT2D eigenvalue weighted by atomic mass is 32.2. The van der Waals surface area contributed by atoms with Crippen molar-refractivity contribution in [2.45, 2.75) is 91.9 Å². The van der Waals surface area contributed by atoms with E-state index in [1.807, 2.05) is 36.4 Å². The van der Waals surface area contributed by atoms with Gasteiger partial charge in [0, 0.05) is 5.75 Å². The SMILES string of the molecule is CCCC[N+](CCCC)(CCCC)CCCC.O=S(=O)([O-])CCCCP(c1ccccc1)c1ccccc1. The number of nitrogens with zero attached hydrogens (tertiary/aromatic N) is 1. The Bertz CT molecular complexity index is 845. The summed E-state index contributed by atoms with van der Waals surface area (Å²) in [4.78, 5) is 0. The molecule has 0 N–H and O–H groups in total. The fraction of sp³-hybridized carbons (Fsp3) is 0.625. The first-order chi connectivity index (χ1) is 18.3. The van der Waals surface area contributed by atoms with E-state index in [1.54, 1.807) is 0 Å². The lowest BCUT2D eigenvalue weighted by atomic mass is 10.1. The second kappa shape index (κ2) is 20.6. The summed E-state index contributed by atoms with van der Waals surface area (Å²) in [6.07, 6.45) is 13.1. The van der Waals surface area contributed by atoms with Crippen molar-refractivity contribution in [1.82, 2.24) is 0 Å². The molecule has 2 rings (SSSR count). The molecule has 0 aliphatic rings. The maximum atomic E-state index is 10.7. The molecule has 0 unspecified atom stereocenters. The van der Waals surface area contributed by atoms with Crippen LogP contribution in [0, 0.1) is 0 Å². The highest BCUT2D eigenvalue weighted by molar-refractivity contribution is 7.85. The summed E-state index contributed by atoms with van der Waals surface area (Å²) in [6.45, 7) is 15.0. The fourth-order valence-corrected chi connectivity index (χ4v) is 7.79. The standard InChI is InChI=1S/C16H36N.C16H19O3PS/c1-5-9-13-17(14-10-6-2,15-11-7-3)16-12-8-4;17-21(18,19)14-8-7-13-20(15-9-3-1-4-10-15)16-11-5-2-6-12-16/h5-16H2,1-4H3;1-6,9-12H,7-8,13-14H2,(H,17,18,19)/q+1;/p-1. The summed E-state index contributed by atoms with van der Waals surface area (Å²) < 4.78 is 33.4. The van der Waals surface area contributed by atoms with Gasteiger partial charge in [0.05, 0.1) is 36.3 Å². The monoisotopic (exact) mass is 563 g/mol. The van der Waals surface area contributed by atoms with Gasteiger partial charge in [-0.3, -0.25) is 0 Å². The van der Waals surface area contributed by atoms with Crippen LogP contribution in [-0.2, 0) is 10.1 Å². The largest absolute Gasteiger partial charge is 0.748 e. The van der Waals surface area contributed by atoms with Crippen LogP contribution in [0.4, 0.5) is 0 Å². The third-order valence-corrected chi connectivity index (χ3v) is 10.5. The Morgan fingerprint density at radius 2 is 0.974 bits per heavy atom. The molecule has 0 amide bonds. The first-order valence-corrected chi connectivity index (χ1v) is 18.1. The lowest BCUT2D eigenvalue weighted by Crippen LogP contribution is -2.50. The normalized spacial score (nSPS) is 11.8. The molecule has 6 heteroatoms. The highest BCUT2D eigenvalue weighted by Crippen LogP contribution is 2.34. The molecule has 0 aliphatic heterocycles. The van der Waals surface area contributed by atoms with Gasteiger partial charge in [-0.05, 0) is 63.2 Å². The average molecular weight is 564 g/mol. The Kier molecular flexibility index (Phi) is 18.9. The molecule has 2 aromatic rings. The molecule has 0 fully saturated rings. The van der Waals surface area contributed by atoms with Gasteiger partial charge in [-0.1, -0.05) is 114 Å². The lowest BCUT2D eigenvalue weighted by Gasteiger charge is -2.39. The van der Waals surface area contributed by atoms with Crippen LogP contribution in [0.2, 0.25) is 0 Å². The Labute approximate surface area is 236 Å². The summed E-state index contributed by atoms with van der Waals surface area (Å²) in [5.74, 6) is -0.264. The molecule has 0 saturated heterocycles. The van der Waals surface area contributed by atoms with Gasteiger partial charge in [0.1, 0.15) is 0 Å². The van der Waals surface area contributed by atoms with Crippen molar-refractivity contribution in [3.8, 4) is 0 Å². The van der Waals surface area contributed by atoms with Crippen LogP contribution < -0.4 is 10.6 Å². The van der Waals surface area contributed by atoms with E-state index in [4.69, 9.17) is 0 Å². The lowest BCUT2D eigenvalue weighted by molar-refractivity contribution is -0.929. The zero-order chi connectivity index (χ0) is 28.1. The summed E-state index contributed by atoms with van der Waals surface area (Å²) in [5.41, 5.74) is 0. The van der Waals surface area contributed by atoms with Crippen LogP contribution in [0.1, 0.15) is 91.9 Å². The third-order valence-electron chi connectivity index (χ3n) is 7.11. The number of hydrogen-bond acceptors (Lipinski definition) is 3. The molecular weight excluding hydrogens is 509 g/mol. The van der Waals surface area contributed by atoms with Gasteiger partial charge in [-0.15, -0.1) is 0 Å². The summed E-state index contributed by atoms with van der Waals surface area (Å²) in [7, 11) is -4.59. The van der Waals surface area contributed by atoms with Gasteiger partial charge in [0.15, 0.2) is 0 Å². The smallest absolute Gasteiger partial charge is 0.0945 e. The van der Waals surface area contributed by atoms with E-state index >= 15 is 0 Å². The summed E-state index contributed by atoms with van der Waals surface area (Å²) in [6, 6.07) is 20.5. The van der Waals surface area contributed by atoms with Crippen LogP contribution in [0.25, 0.3) is 0 Å². The molecule has 0 aliphatic carbocycles. The predicted molar refractivity (Wildman–Crippen MR) is 167 cm³/mol.